The van der Waals surface area contributed by atoms with Crippen LogP contribution < -0.4 is 10.6 Å². The van der Waals surface area contributed by atoms with Gasteiger partial charge in [0.15, 0.2) is 0 Å². The number of carbonyl (C=O) groups is 1. The standard InChI is InChI=1S/C16H23N5O2/c22-15(20-12-2-3-12)21-7-1-4-16(11-21)8-13(10-23-16)19-14-9-17-5-6-18-14/h5-6,9,12-13H,1-4,7-8,10-11H2,(H,18,19)(H,20,22). The fourth-order valence-electron chi connectivity index (χ4n) is 3.57. The number of carbonyl (C=O) groups excluding carboxylic acids is 1. The Morgan fingerprint density at radius 3 is 3.04 bits per heavy atom. The maximum absolute atomic E-state index is 12.3. The Bertz CT molecular complexity index is 565. The highest BCUT2D eigenvalue weighted by molar-refractivity contribution is 5.75. The molecule has 2 unspecified atom stereocenters. The van der Waals surface area contributed by atoms with Crippen molar-refractivity contribution in [1.29, 1.82) is 0 Å². The summed E-state index contributed by atoms with van der Waals surface area (Å²) in [6.45, 7) is 2.16. The molecule has 2 atom stereocenters. The first kappa shape index (κ1) is 14.7. The molecule has 1 aromatic heterocycles. The predicted molar refractivity (Wildman–Crippen MR) is 85.1 cm³/mol. The molecule has 2 amide bonds. The number of likely N-dealkylation sites (tertiary alicyclic amines) is 1. The molecule has 3 aliphatic rings. The van der Waals surface area contributed by atoms with Crippen LogP contribution in [0.1, 0.15) is 32.1 Å². The molecule has 4 rings (SSSR count). The van der Waals surface area contributed by atoms with Crippen LogP contribution in [0, 0.1) is 0 Å². The highest BCUT2D eigenvalue weighted by atomic mass is 16.5. The van der Waals surface area contributed by atoms with Crippen LogP contribution in [-0.4, -0.2) is 58.3 Å². The van der Waals surface area contributed by atoms with Crippen molar-refractivity contribution in [2.75, 3.05) is 25.0 Å². The van der Waals surface area contributed by atoms with Crippen molar-refractivity contribution in [1.82, 2.24) is 20.2 Å². The second-order valence-corrected chi connectivity index (χ2v) is 6.88. The maximum Gasteiger partial charge on any atom is 0.317 e. The van der Waals surface area contributed by atoms with Crippen LogP contribution in [0.3, 0.4) is 0 Å². The van der Waals surface area contributed by atoms with Gasteiger partial charge in [-0.15, -0.1) is 0 Å². The number of nitrogens with one attached hydrogen (secondary N) is 2. The second kappa shape index (κ2) is 5.96. The lowest BCUT2D eigenvalue weighted by atomic mass is 9.89. The van der Waals surface area contributed by atoms with E-state index in [9.17, 15) is 4.79 Å². The molecule has 7 nitrogen and oxygen atoms in total. The van der Waals surface area contributed by atoms with Crippen LogP contribution in [0.4, 0.5) is 10.6 Å². The van der Waals surface area contributed by atoms with E-state index in [0.717, 1.165) is 44.5 Å². The monoisotopic (exact) mass is 317 g/mol. The molecule has 3 heterocycles. The zero-order valence-electron chi connectivity index (χ0n) is 13.2. The molecule has 0 radical (unpaired) electrons. The number of amides is 2. The SMILES string of the molecule is O=C(NC1CC1)N1CCCC2(CC(Nc3cnccn3)CO2)C1. The molecule has 1 aliphatic carbocycles. The summed E-state index contributed by atoms with van der Waals surface area (Å²) in [6, 6.07) is 0.689. The van der Waals surface area contributed by atoms with Crippen molar-refractivity contribution in [2.24, 2.45) is 0 Å². The van der Waals surface area contributed by atoms with Gasteiger partial charge in [0.1, 0.15) is 5.82 Å². The Morgan fingerprint density at radius 1 is 1.35 bits per heavy atom. The number of anilines is 1. The molecule has 1 aromatic rings. The van der Waals surface area contributed by atoms with E-state index in [1.54, 1.807) is 18.6 Å². The minimum atomic E-state index is -0.209. The number of rotatable bonds is 3. The highest BCUT2D eigenvalue weighted by Gasteiger charge is 2.45. The lowest BCUT2D eigenvalue weighted by molar-refractivity contribution is -0.0409. The molecule has 1 saturated carbocycles. The molecule has 7 heteroatoms. The third-order valence-electron chi connectivity index (χ3n) is 4.86. The van der Waals surface area contributed by atoms with Gasteiger partial charge in [0.2, 0.25) is 0 Å². The lowest BCUT2D eigenvalue weighted by Gasteiger charge is -2.39. The number of urea groups is 1. The Labute approximate surface area is 135 Å². The fraction of sp³-hybridized carbons (Fsp3) is 0.688. The summed E-state index contributed by atoms with van der Waals surface area (Å²) >= 11 is 0. The van der Waals surface area contributed by atoms with Crippen LogP contribution in [0.15, 0.2) is 18.6 Å². The topological polar surface area (TPSA) is 79.4 Å². The quantitative estimate of drug-likeness (QED) is 0.880. The summed E-state index contributed by atoms with van der Waals surface area (Å²) in [7, 11) is 0. The van der Waals surface area contributed by atoms with E-state index < -0.39 is 0 Å². The molecular formula is C16H23N5O2. The zero-order valence-corrected chi connectivity index (χ0v) is 13.2. The Kier molecular flexibility index (Phi) is 3.80. The molecule has 124 valence electrons. The summed E-state index contributed by atoms with van der Waals surface area (Å²) in [4.78, 5) is 22.5. The molecular weight excluding hydrogens is 294 g/mol. The molecule has 0 aromatic carbocycles. The van der Waals surface area contributed by atoms with Crippen molar-refractivity contribution >= 4 is 11.8 Å². The minimum Gasteiger partial charge on any atom is -0.371 e. The van der Waals surface area contributed by atoms with Gasteiger partial charge in [-0.25, -0.2) is 9.78 Å². The maximum atomic E-state index is 12.3. The number of hydrogen-bond acceptors (Lipinski definition) is 5. The molecule has 2 N–H and O–H groups in total. The Hall–Kier alpha value is -1.89. The highest BCUT2D eigenvalue weighted by Crippen LogP contribution is 2.35. The Morgan fingerprint density at radius 2 is 2.26 bits per heavy atom. The average Bonchev–Trinajstić information content (AvgIpc) is 3.31. The van der Waals surface area contributed by atoms with Crippen molar-refractivity contribution in [3.63, 3.8) is 0 Å². The summed E-state index contributed by atoms with van der Waals surface area (Å²) < 4.78 is 6.13. The second-order valence-electron chi connectivity index (χ2n) is 6.88. The van der Waals surface area contributed by atoms with Gasteiger partial charge in [-0.05, 0) is 25.7 Å². The third kappa shape index (κ3) is 3.39. The first-order chi connectivity index (χ1) is 11.2. The summed E-state index contributed by atoms with van der Waals surface area (Å²) in [5, 5.41) is 6.46. The molecule has 23 heavy (non-hydrogen) atoms. The molecule has 0 bridgehead atoms. The number of piperidine rings is 1. The van der Waals surface area contributed by atoms with Crippen molar-refractivity contribution in [2.45, 2.75) is 49.8 Å². The van der Waals surface area contributed by atoms with E-state index in [1.165, 1.54) is 0 Å². The summed E-state index contributed by atoms with van der Waals surface area (Å²) in [5.41, 5.74) is -0.209. The normalized spacial score (nSPS) is 30.4. The van der Waals surface area contributed by atoms with E-state index in [1.807, 2.05) is 4.90 Å². The first-order valence-corrected chi connectivity index (χ1v) is 8.44. The van der Waals surface area contributed by atoms with Gasteiger partial charge in [0, 0.05) is 31.4 Å². The third-order valence-corrected chi connectivity index (χ3v) is 4.86. The largest absolute Gasteiger partial charge is 0.371 e. The van der Waals surface area contributed by atoms with Gasteiger partial charge in [0.25, 0.3) is 0 Å². The van der Waals surface area contributed by atoms with Crippen molar-refractivity contribution < 1.29 is 9.53 Å². The fourth-order valence-corrected chi connectivity index (χ4v) is 3.57. The zero-order chi connectivity index (χ0) is 15.7. The van der Waals surface area contributed by atoms with Crippen LogP contribution in [-0.2, 0) is 4.74 Å². The number of hydrogen-bond donors (Lipinski definition) is 2. The van der Waals surface area contributed by atoms with E-state index >= 15 is 0 Å². The van der Waals surface area contributed by atoms with Crippen LogP contribution in [0.2, 0.25) is 0 Å². The molecule has 2 saturated heterocycles. The molecule has 1 spiro atoms. The number of ether oxygens (including phenoxy) is 1. The van der Waals surface area contributed by atoms with Crippen molar-refractivity contribution in [3.05, 3.63) is 18.6 Å². The number of aromatic nitrogens is 2. The van der Waals surface area contributed by atoms with E-state index in [0.29, 0.717) is 19.2 Å². The van der Waals surface area contributed by atoms with Gasteiger partial charge in [-0.1, -0.05) is 0 Å². The van der Waals surface area contributed by atoms with Crippen LogP contribution in [0.25, 0.3) is 0 Å². The van der Waals surface area contributed by atoms with Gasteiger partial charge in [0.05, 0.1) is 31.0 Å². The van der Waals surface area contributed by atoms with Gasteiger partial charge >= 0.3 is 6.03 Å². The van der Waals surface area contributed by atoms with Crippen molar-refractivity contribution in [3.8, 4) is 0 Å². The van der Waals surface area contributed by atoms with Gasteiger partial charge < -0.3 is 20.3 Å². The van der Waals surface area contributed by atoms with Crippen LogP contribution in [0.5, 0.6) is 0 Å². The smallest absolute Gasteiger partial charge is 0.317 e. The summed E-state index contributed by atoms with van der Waals surface area (Å²) in [6.07, 6.45) is 10.2. The lowest BCUT2D eigenvalue weighted by Crippen LogP contribution is -2.53. The first-order valence-electron chi connectivity index (χ1n) is 8.44. The van der Waals surface area contributed by atoms with E-state index in [4.69, 9.17) is 4.74 Å². The van der Waals surface area contributed by atoms with E-state index in [2.05, 4.69) is 20.6 Å². The van der Waals surface area contributed by atoms with E-state index in [-0.39, 0.29) is 17.7 Å². The average molecular weight is 317 g/mol. The van der Waals surface area contributed by atoms with Gasteiger partial charge in [-0.3, -0.25) is 4.98 Å². The van der Waals surface area contributed by atoms with Crippen LogP contribution >= 0.6 is 0 Å². The Balaban J connectivity index is 1.35. The minimum absolute atomic E-state index is 0.0699. The summed E-state index contributed by atoms with van der Waals surface area (Å²) in [5.74, 6) is 0.775. The predicted octanol–water partition coefficient (Wildman–Crippen LogP) is 1.38. The number of nitrogens with zero attached hydrogens (tertiary/aromatic N) is 3. The molecule has 2 aliphatic heterocycles. The van der Waals surface area contributed by atoms with Gasteiger partial charge in [-0.2, -0.15) is 0 Å². The molecule has 3 fully saturated rings.